The number of pyridine rings is 1. The molecule has 234 valence electrons. The van der Waals surface area contributed by atoms with Gasteiger partial charge in [-0.15, -0.1) is 11.3 Å². The van der Waals surface area contributed by atoms with Crippen molar-refractivity contribution in [2.75, 3.05) is 36.1 Å². The number of nitrogens with two attached hydrogens (primary N) is 2. The number of thiophene rings is 1. The van der Waals surface area contributed by atoms with Crippen molar-refractivity contribution in [3.05, 3.63) is 58.3 Å². The molecule has 5 aromatic rings. The van der Waals surface area contributed by atoms with Gasteiger partial charge in [-0.05, 0) is 31.5 Å². The number of nitrogens with zero attached hydrogens (tertiary/aromatic N) is 6. The fraction of sp³-hybridized carbons (Fsp3) is 0.233. The van der Waals surface area contributed by atoms with Crippen molar-refractivity contribution in [2.24, 2.45) is 0 Å². The van der Waals surface area contributed by atoms with Crippen molar-refractivity contribution in [2.45, 2.75) is 26.1 Å². The predicted octanol–water partition coefficient (Wildman–Crippen LogP) is 6.47. The van der Waals surface area contributed by atoms with Crippen molar-refractivity contribution in [1.82, 2.24) is 15.0 Å². The van der Waals surface area contributed by atoms with E-state index in [2.05, 4.69) is 15.0 Å². The number of fused-ring (bicyclic) bond motifs is 1. The molecule has 0 aliphatic carbocycles. The second-order valence-electron chi connectivity index (χ2n) is 10.2. The van der Waals surface area contributed by atoms with Crippen LogP contribution in [0.1, 0.15) is 42.1 Å². The molecule has 6 rings (SSSR count). The molecule has 0 bridgehead atoms. The van der Waals surface area contributed by atoms with Crippen LogP contribution in [-0.4, -0.2) is 34.7 Å². The van der Waals surface area contributed by atoms with Crippen LogP contribution in [0, 0.1) is 34.3 Å². The topological polar surface area (TPSA) is 160 Å². The maximum absolute atomic E-state index is 16.9. The average molecular weight is 653 g/mol. The van der Waals surface area contributed by atoms with E-state index in [1.54, 1.807) is 24.8 Å². The number of nitrogen functional groups attached to an aromatic ring is 2. The van der Waals surface area contributed by atoms with Crippen LogP contribution < -0.4 is 25.8 Å². The number of halogens is 5. The highest BCUT2D eigenvalue weighted by Crippen LogP contribution is 2.53. The van der Waals surface area contributed by atoms with Crippen LogP contribution in [-0.2, 0) is 6.18 Å². The number of hydrogen-bond acceptors (Lipinski definition) is 11. The summed E-state index contributed by atoms with van der Waals surface area (Å²) < 4.78 is 88.3. The number of benzene rings is 2. The third-order valence-corrected chi connectivity index (χ3v) is 8.63. The summed E-state index contributed by atoms with van der Waals surface area (Å²) in [6.45, 7) is 2.95. The minimum atomic E-state index is -5.22. The Kier molecular flexibility index (Phi) is 7.40. The number of anilines is 3. The first-order valence-corrected chi connectivity index (χ1v) is 14.5. The molecule has 0 amide bonds. The van der Waals surface area contributed by atoms with Gasteiger partial charge in [0, 0.05) is 22.7 Å². The minimum Gasteiger partial charge on any atom is -0.490 e. The number of nitriles is 2. The SMILES string of the molecule is CCOc1nc2c3c(c(C(F)(F)F)c(-c4ccc(F)c5sc(N)c(C#N)c45)c(F)c3n1)OCCN2[C@H](C)c1cc(C#N)cnc1N. The maximum Gasteiger partial charge on any atom is 0.420 e. The predicted molar refractivity (Wildman–Crippen MR) is 160 cm³/mol. The van der Waals surface area contributed by atoms with Gasteiger partial charge >= 0.3 is 12.2 Å². The molecule has 0 saturated carbocycles. The summed E-state index contributed by atoms with van der Waals surface area (Å²) in [5.41, 5.74) is 8.82. The van der Waals surface area contributed by atoms with Crippen LogP contribution >= 0.6 is 11.3 Å². The largest absolute Gasteiger partial charge is 0.490 e. The molecule has 4 heterocycles. The lowest BCUT2D eigenvalue weighted by atomic mass is 9.91. The fourth-order valence-corrected chi connectivity index (χ4v) is 6.58. The lowest BCUT2D eigenvalue weighted by molar-refractivity contribution is -0.138. The van der Waals surface area contributed by atoms with Gasteiger partial charge in [0.1, 0.15) is 58.0 Å². The molecule has 46 heavy (non-hydrogen) atoms. The lowest BCUT2D eigenvalue weighted by Gasteiger charge is -2.30. The standard InChI is InChI=1S/C30H21F5N8O2S/c1-3-44-29-41-23-20-24(45-7-6-43(28(20)42-29)12(2)15-8-13(9-36)11-40-26(15)38)21(30(33,34)35)19(22(23)32)14-4-5-17(31)25-18(14)16(10-37)27(39)46-25/h4-5,8,11-12H,3,6-7,39H2,1-2H3,(H2,38,40)/t12-/m1/s1. The average Bonchev–Trinajstić information content (AvgIpc) is 3.25. The minimum absolute atomic E-state index is 0.0400. The molecule has 3 aromatic heterocycles. The van der Waals surface area contributed by atoms with Gasteiger partial charge in [-0.3, -0.25) is 0 Å². The first-order valence-electron chi connectivity index (χ1n) is 13.6. The third-order valence-electron chi connectivity index (χ3n) is 7.60. The number of ether oxygens (including phenoxy) is 2. The molecule has 1 aliphatic rings. The number of aromatic nitrogens is 3. The molecule has 10 nitrogen and oxygen atoms in total. The van der Waals surface area contributed by atoms with E-state index in [1.165, 1.54) is 12.3 Å². The Balaban J connectivity index is 1.75. The molecular formula is C30H21F5N8O2S. The molecule has 2 aromatic carbocycles. The van der Waals surface area contributed by atoms with Crippen LogP contribution in [0.25, 0.3) is 32.1 Å². The molecule has 1 aliphatic heterocycles. The highest BCUT2D eigenvalue weighted by Gasteiger charge is 2.44. The van der Waals surface area contributed by atoms with E-state index >= 15 is 17.6 Å². The van der Waals surface area contributed by atoms with Gasteiger partial charge in [0.15, 0.2) is 5.82 Å². The molecule has 16 heteroatoms. The van der Waals surface area contributed by atoms with E-state index in [1.807, 2.05) is 6.07 Å². The number of rotatable bonds is 5. The molecule has 0 spiro atoms. The summed E-state index contributed by atoms with van der Waals surface area (Å²) in [5.74, 6) is -3.12. The van der Waals surface area contributed by atoms with Gasteiger partial charge in [-0.1, -0.05) is 6.07 Å². The van der Waals surface area contributed by atoms with Crippen LogP contribution in [0.5, 0.6) is 11.8 Å². The van der Waals surface area contributed by atoms with Gasteiger partial charge in [0.25, 0.3) is 0 Å². The molecule has 0 saturated heterocycles. The second kappa shape index (κ2) is 11.1. The smallest absolute Gasteiger partial charge is 0.420 e. The molecule has 0 unspecified atom stereocenters. The monoisotopic (exact) mass is 652 g/mol. The van der Waals surface area contributed by atoms with Crippen LogP contribution in [0.2, 0.25) is 0 Å². The summed E-state index contributed by atoms with van der Waals surface area (Å²) >= 11 is 0.660. The van der Waals surface area contributed by atoms with Crippen LogP contribution in [0.3, 0.4) is 0 Å². The Morgan fingerprint density at radius 2 is 1.91 bits per heavy atom. The van der Waals surface area contributed by atoms with Gasteiger partial charge in [0.05, 0.1) is 40.4 Å². The van der Waals surface area contributed by atoms with Crippen molar-refractivity contribution >= 4 is 49.0 Å². The first-order chi connectivity index (χ1) is 21.9. The number of hydrogen-bond donors (Lipinski definition) is 2. The normalized spacial score (nSPS) is 13.6. The van der Waals surface area contributed by atoms with Gasteiger partial charge in [-0.25, -0.2) is 13.8 Å². The van der Waals surface area contributed by atoms with E-state index in [9.17, 15) is 14.9 Å². The Labute approximate surface area is 261 Å². The number of alkyl halides is 3. The zero-order chi connectivity index (χ0) is 33.1. The third kappa shape index (κ3) is 4.69. The van der Waals surface area contributed by atoms with Gasteiger partial charge in [0.2, 0.25) is 0 Å². The quantitative estimate of drug-likeness (QED) is 0.201. The zero-order valence-corrected chi connectivity index (χ0v) is 24.8. The second-order valence-corrected chi connectivity index (χ2v) is 11.2. The van der Waals surface area contributed by atoms with E-state index < -0.39 is 57.2 Å². The summed E-state index contributed by atoms with van der Waals surface area (Å²) in [4.78, 5) is 14.1. The van der Waals surface area contributed by atoms with E-state index in [0.29, 0.717) is 16.9 Å². The molecule has 4 N–H and O–H groups in total. The van der Waals surface area contributed by atoms with Gasteiger partial charge < -0.3 is 25.8 Å². The van der Waals surface area contributed by atoms with E-state index in [0.717, 1.165) is 12.1 Å². The molecule has 0 radical (unpaired) electrons. The van der Waals surface area contributed by atoms with E-state index in [-0.39, 0.29) is 63.6 Å². The van der Waals surface area contributed by atoms with Gasteiger partial charge in [-0.2, -0.15) is 33.7 Å². The molecular weight excluding hydrogens is 631 g/mol. The van der Waals surface area contributed by atoms with Crippen molar-refractivity contribution in [3.8, 4) is 35.0 Å². The Bertz CT molecular complexity index is 2160. The van der Waals surface area contributed by atoms with Crippen LogP contribution in [0.4, 0.5) is 38.6 Å². The summed E-state index contributed by atoms with van der Waals surface area (Å²) in [6, 6.07) is 6.02. The van der Waals surface area contributed by atoms with E-state index in [4.69, 9.17) is 20.9 Å². The zero-order valence-electron chi connectivity index (χ0n) is 24.0. The highest BCUT2D eigenvalue weighted by atomic mass is 32.1. The Morgan fingerprint density at radius 1 is 1.15 bits per heavy atom. The maximum atomic E-state index is 16.9. The van der Waals surface area contributed by atoms with Crippen molar-refractivity contribution in [1.29, 1.82) is 10.5 Å². The summed E-state index contributed by atoms with van der Waals surface area (Å²) in [6.07, 6.45) is -3.94. The molecule has 1 atom stereocenters. The highest BCUT2D eigenvalue weighted by molar-refractivity contribution is 7.23. The fourth-order valence-electron chi connectivity index (χ4n) is 5.63. The Hall–Kier alpha value is -5.48. The summed E-state index contributed by atoms with van der Waals surface area (Å²) in [5, 5.41) is 18.4. The molecule has 0 fully saturated rings. The Morgan fingerprint density at radius 3 is 2.59 bits per heavy atom. The lowest BCUT2D eigenvalue weighted by Crippen LogP contribution is -2.31. The summed E-state index contributed by atoms with van der Waals surface area (Å²) in [7, 11) is 0. The van der Waals surface area contributed by atoms with Crippen molar-refractivity contribution in [3.63, 3.8) is 0 Å². The first kappa shape index (κ1) is 30.5. The van der Waals surface area contributed by atoms with Crippen molar-refractivity contribution < 1.29 is 31.4 Å². The van der Waals surface area contributed by atoms with Crippen LogP contribution in [0.15, 0.2) is 24.4 Å².